The van der Waals surface area contributed by atoms with Gasteiger partial charge < -0.3 is 15.2 Å². The van der Waals surface area contributed by atoms with Crippen molar-refractivity contribution < 1.29 is 27.0 Å². The molecule has 3 N–H and O–H groups in total. The number of nitriles is 1. The molecule has 0 spiro atoms. The first kappa shape index (κ1) is 20.3. The maximum atomic E-state index is 13.5. The SMILES string of the molecule is N#CC1=C(N)Oc2n[nH]c(C(F)(F)F)c2C1c1ccc(OCc2ccc(F)cc2)cc1. The second kappa shape index (κ2) is 7.68. The number of halogens is 4. The van der Waals surface area contributed by atoms with Gasteiger partial charge in [-0.3, -0.25) is 5.10 Å². The van der Waals surface area contributed by atoms with Crippen molar-refractivity contribution in [2.24, 2.45) is 5.73 Å². The molecule has 1 unspecified atom stereocenters. The van der Waals surface area contributed by atoms with Crippen LogP contribution in [0.4, 0.5) is 17.6 Å². The first-order valence-corrected chi connectivity index (χ1v) is 8.98. The lowest BCUT2D eigenvalue weighted by atomic mass is 9.84. The summed E-state index contributed by atoms with van der Waals surface area (Å²) in [6.07, 6.45) is -4.73. The molecule has 1 aliphatic heterocycles. The van der Waals surface area contributed by atoms with E-state index in [9.17, 15) is 22.8 Å². The number of fused-ring (bicyclic) bond motifs is 1. The van der Waals surface area contributed by atoms with Gasteiger partial charge in [-0.1, -0.05) is 24.3 Å². The minimum atomic E-state index is -4.73. The number of hydrogen-bond acceptors (Lipinski definition) is 5. The summed E-state index contributed by atoms with van der Waals surface area (Å²) in [6, 6.07) is 13.8. The fourth-order valence-corrected chi connectivity index (χ4v) is 3.30. The number of allylic oxidation sites excluding steroid dienone is 1. The normalized spacial score (nSPS) is 15.8. The van der Waals surface area contributed by atoms with Gasteiger partial charge in [-0.15, -0.1) is 5.10 Å². The molecule has 2 heterocycles. The van der Waals surface area contributed by atoms with E-state index < -0.39 is 17.8 Å². The summed E-state index contributed by atoms with van der Waals surface area (Å²) in [4.78, 5) is 0. The van der Waals surface area contributed by atoms with Crippen molar-refractivity contribution in [2.75, 3.05) is 0 Å². The Morgan fingerprint density at radius 1 is 1.13 bits per heavy atom. The van der Waals surface area contributed by atoms with Crippen LogP contribution in [0, 0.1) is 17.1 Å². The van der Waals surface area contributed by atoms with Crippen molar-refractivity contribution in [3.8, 4) is 17.7 Å². The molecular weight excluding hydrogens is 416 g/mol. The van der Waals surface area contributed by atoms with Gasteiger partial charge in [-0.2, -0.15) is 18.4 Å². The quantitative estimate of drug-likeness (QED) is 0.600. The van der Waals surface area contributed by atoms with Crippen molar-refractivity contribution in [1.29, 1.82) is 5.26 Å². The number of nitrogens with zero attached hydrogens (tertiary/aromatic N) is 2. The van der Waals surface area contributed by atoms with Crippen LogP contribution in [0.1, 0.15) is 28.3 Å². The van der Waals surface area contributed by atoms with E-state index in [1.165, 1.54) is 24.3 Å². The summed E-state index contributed by atoms with van der Waals surface area (Å²) in [6.45, 7) is 0.178. The van der Waals surface area contributed by atoms with Crippen molar-refractivity contribution >= 4 is 0 Å². The topological polar surface area (TPSA) is 97.0 Å². The van der Waals surface area contributed by atoms with Crippen LogP contribution in [0.5, 0.6) is 11.6 Å². The number of nitrogens with one attached hydrogen (secondary N) is 1. The van der Waals surface area contributed by atoms with E-state index in [1.807, 2.05) is 11.2 Å². The van der Waals surface area contributed by atoms with Gasteiger partial charge in [0.1, 0.15) is 35.5 Å². The van der Waals surface area contributed by atoms with E-state index in [1.54, 1.807) is 24.3 Å². The van der Waals surface area contributed by atoms with Crippen LogP contribution >= 0.6 is 0 Å². The summed E-state index contributed by atoms with van der Waals surface area (Å²) in [5.74, 6) is -1.67. The van der Waals surface area contributed by atoms with Crippen molar-refractivity contribution in [2.45, 2.75) is 18.7 Å². The summed E-state index contributed by atoms with van der Waals surface area (Å²) in [5, 5.41) is 15.0. The monoisotopic (exact) mass is 430 g/mol. The summed E-state index contributed by atoms with van der Waals surface area (Å²) in [5.41, 5.74) is 5.31. The fourth-order valence-electron chi connectivity index (χ4n) is 3.30. The molecule has 0 saturated carbocycles. The summed E-state index contributed by atoms with van der Waals surface area (Å²) in [7, 11) is 0. The first-order valence-electron chi connectivity index (χ1n) is 8.98. The van der Waals surface area contributed by atoms with Crippen molar-refractivity contribution in [3.63, 3.8) is 0 Å². The molecule has 4 rings (SSSR count). The number of hydrogen-bond donors (Lipinski definition) is 2. The van der Waals surface area contributed by atoms with Gasteiger partial charge in [-0.25, -0.2) is 4.39 Å². The molecule has 0 radical (unpaired) electrons. The number of aromatic nitrogens is 2. The molecule has 2 aromatic carbocycles. The molecule has 0 saturated heterocycles. The van der Waals surface area contributed by atoms with Crippen LogP contribution in [-0.2, 0) is 12.8 Å². The summed E-state index contributed by atoms with van der Waals surface area (Å²) >= 11 is 0. The second-order valence-electron chi connectivity index (χ2n) is 6.72. The van der Waals surface area contributed by atoms with E-state index in [0.717, 1.165) is 5.56 Å². The predicted octanol–water partition coefficient (Wildman–Crippen LogP) is 4.36. The highest BCUT2D eigenvalue weighted by molar-refractivity contribution is 5.56. The number of aromatic amines is 1. The maximum absolute atomic E-state index is 13.5. The Morgan fingerprint density at radius 3 is 2.42 bits per heavy atom. The Bertz CT molecular complexity index is 1180. The molecule has 1 aromatic heterocycles. The Kier molecular flexibility index (Phi) is 5.02. The number of H-pyrrole nitrogens is 1. The second-order valence-corrected chi connectivity index (χ2v) is 6.72. The van der Waals surface area contributed by atoms with E-state index in [-0.39, 0.29) is 35.3 Å². The van der Waals surface area contributed by atoms with Crippen LogP contribution in [0.2, 0.25) is 0 Å². The fraction of sp³-hybridized carbons (Fsp3) is 0.143. The molecular formula is C21H14F4N4O2. The number of nitrogens with two attached hydrogens (primary N) is 1. The van der Waals surface area contributed by atoms with E-state index in [4.69, 9.17) is 15.2 Å². The standard InChI is InChI=1S/C21H14F4N4O2/c22-13-5-1-11(2-6-13)10-30-14-7-3-12(4-8-14)16-15(9-26)19(27)31-20-17(16)18(28-29-20)21(23,24)25/h1-8,16H,10,27H2,(H,28,29). The molecule has 0 amide bonds. The average Bonchev–Trinajstić information content (AvgIpc) is 3.16. The third-order valence-electron chi connectivity index (χ3n) is 4.75. The van der Waals surface area contributed by atoms with E-state index >= 15 is 0 Å². The van der Waals surface area contributed by atoms with Gasteiger partial charge in [-0.05, 0) is 35.4 Å². The Morgan fingerprint density at radius 2 is 1.81 bits per heavy atom. The number of benzene rings is 2. The zero-order chi connectivity index (χ0) is 22.2. The molecule has 0 bridgehead atoms. The number of alkyl halides is 3. The molecule has 1 aliphatic rings. The Hall–Kier alpha value is -4.00. The molecule has 0 fully saturated rings. The smallest absolute Gasteiger partial charge is 0.433 e. The highest BCUT2D eigenvalue weighted by Gasteiger charge is 2.44. The lowest BCUT2D eigenvalue weighted by Gasteiger charge is -2.24. The largest absolute Gasteiger partial charge is 0.489 e. The lowest BCUT2D eigenvalue weighted by molar-refractivity contribution is -0.141. The lowest BCUT2D eigenvalue weighted by Crippen LogP contribution is -2.22. The highest BCUT2D eigenvalue weighted by atomic mass is 19.4. The van der Waals surface area contributed by atoms with Gasteiger partial charge in [0.2, 0.25) is 11.8 Å². The third-order valence-corrected chi connectivity index (χ3v) is 4.75. The molecule has 0 aliphatic carbocycles. The maximum Gasteiger partial charge on any atom is 0.433 e. The minimum Gasteiger partial charge on any atom is -0.489 e. The molecule has 158 valence electrons. The molecule has 31 heavy (non-hydrogen) atoms. The molecule has 6 nitrogen and oxygen atoms in total. The zero-order valence-corrected chi connectivity index (χ0v) is 15.7. The van der Waals surface area contributed by atoms with Crippen LogP contribution in [0.15, 0.2) is 60.0 Å². The highest BCUT2D eigenvalue weighted by Crippen LogP contribution is 2.47. The molecule has 1 atom stereocenters. The van der Waals surface area contributed by atoms with E-state index in [2.05, 4.69) is 5.10 Å². The van der Waals surface area contributed by atoms with Crippen LogP contribution in [0.25, 0.3) is 0 Å². The molecule has 10 heteroatoms. The van der Waals surface area contributed by atoms with Crippen LogP contribution < -0.4 is 15.2 Å². The average molecular weight is 430 g/mol. The predicted molar refractivity (Wildman–Crippen MR) is 100 cm³/mol. The van der Waals surface area contributed by atoms with Crippen molar-refractivity contribution in [3.05, 3.63) is 88.2 Å². The third kappa shape index (κ3) is 3.90. The van der Waals surface area contributed by atoms with Crippen LogP contribution in [0.3, 0.4) is 0 Å². The number of ether oxygens (including phenoxy) is 2. The summed E-state index contributed by atoms with van der Waals surface area (Å²) < 4.78 is 64.2. The Labute approximate surface area is 173 Å². The Balaban J connectivity index is 1.64. The van der Waals surface area contributed by atoms with Crippen molar-refractivity contribution in [1.82, 2.24) is 10.2 Å². The van der Waals surface area contributed by atoms with Gasteiger partial charge in [0.05, 0.1) is 11.5 Å². The first-order chi connectivity index (χ1) is 14.8. The minimum absolute atomic E-state index is 0.153. The number of rotatable bonds is 4. The van der Waals surface area contributed by atoms with Gasteiger partial charge in [0.25, 0.3) is 0 Å². The van der Waals surface area contributed by atoms with Gasteiger partial charge >= 0.3 is 6.18 Å². The zero-order valence-electron chi connectivity index (χ0n) is 15.7. The molecule has 3 aromatic rings. The van der Waals surface area contributed by atoms with Gasteiger partial charge in [0, 0.05) is 0 Å². The van der Waals surface area contributed by atoms with Crippen LogP contribution in [-0.4, -0.2) is 10.2 Å². The van der Waals surface area contributed by atoms with Gasteiger partial charge in [0.15, 0.2) is 0 Å². The van der Waals surface area contributed by atoms with E-state index in [0.29, 0.717) is 11.3 Å².